The van der Waals surface area contributed by atoms with Gasteiger partial charge in [-0.25, -0.2) is 15.0 Å². The molecule has 0 bridgehead atoms. The minimum Gasteiger partial charge on any atom is -0.444 e. The molecule has 0 saturated carbocycles. The molecule has 0 aliphatic carbocycles. The lowest BCUT2D eigenvalue weighted by molar-refractivity contribution is -0.122. The van der Waals surface area contributed by atoms with Gasteiger partial charge in [-0.05, 0) is 31.9 Å². The molecule has 1 aromatic carbocycles. The first-order valence-corrected chi connectivity index (χ1v) is 8.38. The fourth-order valence-electron chi connectivity index (χ4n) is 3.28. The summed E-state index contributed by atoms with van der Waals surface area (Å²) >= 11 is 0. The maximum absolute atomic E-state index is 12.7. The van der Waals surface area contributed by atoms with Crippen LogP contribution in [0.4, 0.5) is 5.82 Å². The summed E-state index contributed by atoms with van der Waals surface area (Å²) in [7, 11) is 0. The number of oxazole rings is 1. The van der Waals surface area contributed by atoms with E-state index in [4.69, 9.17) is 4.42 Å². The molecule has 25 heavy (non-hydrogen) atoms. The molecule has 7 nitrogen and oxygen atoms in total. The van der Waals surface area contributed by atoms with Crippen molar-refractivity contribution >= 4 is 22.6 Å². The van der Waals surface area contributed by atoms with Crippen LogP contribution in [0.5, 0.6) is 0 Å². The molecule has 1 atom stereocenters. The summed E-state index contributed by atoms with van der Waals surface area (Å²) in [6, 6.07) is 7.62. The fraction of sp³-hybridized carbons (Fsp3) is 0.333. The lowest BCUT2D eigenvalue weighted by atomic mass is 10.2. The van der Waals surface area contributed by atoms with Gasteiger partial charge >= 0.3 is 0 Å². The maximum Gasteiger partial charge on any atom is 0.243 e. The molecule has 1 fully saturated rings. The molecule has 4 rings (SSSR count). The third-order valence-electron chi connectivity index (χ3n) is 4.43. The van der Waals surface area contributed by atoms with Gasteiger partial charge in [0.25, 0.3) is 0 Å². The van der Waals surface area contributed by atoms with Crippen molar-refractivity contribution < 1.29 is 9.21 Å². The van der Waals surface area contributed by atoms with E-state index in [1.807, 2.05) is 31.2 Å². The highest BCUT2D eigenvalue weighted by atomic mass is 16.4. The third kappa shape index (κ3) is 3.05. The monoisotopic (exact) mass is 337 g/mol. The molecule has 2 aromatic heterocycles. The molecule has 7 heteroatoms. The zero-order valence-corrected chi connectivity index (χ0v) is 14.0. The largest absolute Gasteiger partial charge is 0.444 e. The van der Waals surface area contributed by atoms with Gasteiger partial charge in [0.2, 0.25) is 11.8 Å². The predicted octanol–water partition coefficient (Wildman–Crippen LogP) is 2.21. The Morgan fingerprint density at radius 3 is 3.04 bits per heavy atom. The van der Waals surface area contributed by atoms with Crippen LogP contribution >= 0.6 is 0 Å². The van der Waals surface area contributed by atoms with Crippen molar-refractivity contribution in [3.63, 3.8) is 0 Å². The van der Waals surface area contributed by atoms with Crippen LogP contribution in [0.2, 0.25) is 0 Å². The van der Waals surface area contributed by atoms with E-state index in [0.717, 1.165) is 41.9 Å². The van der Waals surface area contributed by atoms with Gasteiger partial charge in [0.15, 0.2) is 0 Å². The highest BCUT2D eigenvalue weighted by Crippen LogP contribution is 2.29. The Balaban J connectivity index is 1.54. The van der Waals surface area contributed by atoms with Gasteiger partial charge in [-0.15, -0.1) is 0 Å². The average molecular weight is 337 g/mol. The molecule has 1 aliphatic heterocycles. The molecular weight excluding hydrogens is 318 g/mol. The summed E-state index contributed by atoms with van der Waals surface area (Å²) in [6.07, 6.45) is 4.96. The van der Waals surface area contributed by atoms with Crippen molar-refractivity contribution in [3.05, 3.63) is 48.4 Å². The summed E-state index contributed by atoms with van der Waals surface area (Å²) in [4.78, 5) is 27.6. The molecule has 0 unspecified atom stereocenters. The Kier molecular flexibility index (Phi) is 4.05. The number of nitrogens with zero attached hydrogens (tertiary/aromatic N) is 4. The van der Waals surface area contributed by atoms with E-state index >= 15 is 0 Å². The highest BCUT2D eigenvalue weighted by molar-refractivity contribution is 5.93. The number of nitrogens with one attached hydrogen (secondary N) is 1. The summed E-state index contributed by atoms with van der Waals surface area (Å²) in [6.45, 7) is 2.93. The van der Waals surface area contributed by atoms with Gasteiger partial charge in [0.05, 0.1) is 18.3 Å². The molecule has 1 amide bonds. The standard InChI is InChI=1S/C18H19N5O2/c1-12-9-19-16(25-12)10-20-18(24)15-7-4-8-23(15)17-13-5-2-3-6-14(13)21-11-22-17/h2-3,5-6,9,11,15H,4,7-8,10H2,1H3,(H,20,24)/t15-/m1/s1. The first-order valence-electron chi connectivity index (χ1n) is 8.38. The van der Waals surface area contributed by atoms with Crippen LogP contribution in [0, 0.1) is 6.92 Å². The number of amides is 1. The first-order chi connectivity index (χ1) is 12.2. The van der Waals surface area contributed by atoms with Crippen molar-refractivity contribution in [2.75, 3.05) is 11.4 Å². The van der Waals surface area contributed by atoms with E-state index < -0.39 is 0 Å². The molecular formula is C18H19N5O2. The first kappa shape index (κ1) is 15.6. The number of aryl methyl sites for hydroxylation is 1. The van der Waals surface area contributed by atoms with Crippen molar-refractivity contribution in [2.24, 2.45) is 0 Å². The number of carbonyl (C=O) groups is 1. The second-order valence-corrected chi connectivity index (χ2v) is 6.15. The molecule has 128 valence electrons. The van der Waals surface area contributed by atoms with E-state index in [9.17, 15) is 4.79 Å². The Bertz CT molecular complexity index is 902. The zero-order chi connectivity index (χ0) is 17.2. The maximum atomic E-state index is 12.7. The Labute approximate surface area is 145 Å². The molecule has 1 saturated heterocycles. The van der Waals surface area contributed by atoms with Crippen molar-refractivity contribution in [3.8, 4) is 0 Å². The molecule has 1 N–H and O–H groups in total. The van der Waals surface area contributed by atoms with Crippen molar-refractivity contribution in [1.29, 1.82) is 0 Å². The second-order valence-electron chi connectivity index (χ2n) is 6.15. The minimum absolute atomic E-state index is 0.0314. The Hall–Kier alpha value is -2.96. The summed E-state index contributed by atoms with van der Waals surface area (Å²) in [5.74, 6) is 2.04. The number of hydrogen-bond donors (Lipinski definition) is 1. The van der Waals surface area contributed by atoms with E-state index in [-0.39, 0.29) is 11.9 Å². The van der Waals surface area contributed by atoms with Crippen LogP contribution in [0.1, 0.15) is 24.5 Å². The SMILES string of the molecule is Cc1cnc(CNC(=O)[C@H]2CCCN2c2ncnc3ccccc23)o1. The number of benzene rings is 1. The summed E-state index contributed by atoms with van der Waals surface area (Å²) < 4.78 is 5.41. The number of rotatable bonds is 4. The third-order valence-corrected chi connectivity index (χ3v) is 4.43. The summed E-state index contributed by atoms with van der Waals surface area (Å²) in [5.41, 5.74) is 0.883. The molecule has 1 aliphatic rings. The molecule has 0 spiro atoms. The second kappa shape index (κ2) is 6.51. The number of para-hydroxylation sites is 1. The lowest BCUT2D eigenvalue weighted by Crippen LogP contribution is -2.43. The van der Waals surface area contributed by atoms with E-state index in [2.05, 4.69) is 25.2 Å². The number of hydrogen-bond acceptors (Lipinski definition) is 6. The van der Waals surface area contributed by atoms with E-state index in [1.54, 1.807) is 12.5 Å². The average Bonchev–Trinajstić information content (AvgIpc) is 3.28. The fourth-order valence-corrected chi connectivity index (χ4v) is 3.28. The van der Waals surface area contributed by atoms with Crippen molar-refractivity contribution in [1.82, 2.24) is 20.3 Å². The van der Waals surface area contributed by atoms with E-state index in [1.165, 1.54) is 0 Å². The minimum atomic E-state index is -0.241. The van der Waals surface area contributed by atoms with Gasteiger partial charge < -0.3 is 14.6 Å². The topological polar surface area (TPSA) is 84.2 Å². The van der Waals surface area contributed by atoms with Crippen LogP contribution in [-0.4, -0.2) is 33.4 Å². The molecule has 0 radical (unpaired) electrons. The van der Waals surface area contributed by atoms with Crippen LogP contribution in [-0.2, 0) is 11.3 Å². The molecule has 3 aromatic rings. The highest BCUT2D eigenvalue weighted by Gasteiger charge is 2.32. The lowest BCUT2D eigenvalue weighted by Gasteiger charge is -2.25. The van der Waals surface area contributed by atoms with Crippen LogP contribution in [0.15, 0.2) is 41.2 Å². The number of carbonyl (C=O) groups excluding carboxylic acids is 1. The Morgan fingerprint density at radius 2 is 2.20 bits per heavy atom. The quantitative estimate of drug-likeness (QED) is 0.786. The van der Waals surface area contributed by atoms with Gasteiger partial charge in [-0.3, -0.25) is 4.79 Å². The van der Waals surface area contributed by atoms with Crippen molar-refractivity contribution in [2.45, 2.75) is 32.4 Å². The van der Waals surface area contributed by atoms with Gasteiger partial charge in [0, 0.05) is 11.9 Å². The van der Waals surface area contributed by atoms with Crippen LogP contribution in [0.25, 0.3) is 10.9 Å². The summed E-state index contributed by atoms with van der Waals surface area (Å²) in [5, 5.41) is 3.89. The zero-order valence-electron chi connectivity index (χ0n) is 14.0. The predicted molar refractivity (Wildman–Crippen MR) is 93.0 cm³/mol. The number of aromatic nitrogens is 3. The Morgan fingerprint density at radius 1 is 1.32 bits per heavy atom. The molecule has 3 heterocycles. The van der Waals surface area contributed by atoms with Crippen LogP contribution in [0.3, 0.4) is 0 Å². The van der Waals surface area contributed by atoms with Gasteiger partial charge in [0.1, 0.15) is 23.9 Å². The van der Waals surface area contributed by atoms with E-state index in [0.29, 0.717) is 12.4 Å². The smallest absolute Gasteiger partial charge is 0.243 e. The number of fused-ring (bicyclic) bond motifs is 1. The normalized spacial score (nSPS) is 17.2. The van der Waals surface area contributed by atoms with Gasteiger partial charge in [-0.2, -0.15) is 0 Å². The number of anilines is 1. The van der Waals surface area contributed by atoms with Crippen LogP contribution < -0.4 is 10.2 Å². The van der Waals surface area contributed by atoms with Gasteiger partial charge in [-0.1, -0.05) is 12.1 Å².